The number of carbonyl (C=O) groups is 1. The van der Waals surface area contributed by atoms with Gasteiger partial charge in [-0.3, -0.25) is 0 Å². The van der Waals surface area contributed by atoms with Crippen molar-refractivity contribution in [1.29, 1.82) is 0 Å². The van der Waals surface area contributed by atoms with Gasteiger partial charge in [0.25, 0.3) is 0 Å². The molecule has 70 valence electrons. The number of hydrogen-bond acceptors (Lipinski definition) is 1. The minimum Gasteiger partial charge on any atom is -0.478 e. The zero-order valence-corrected chi connectivity index (χ0v) is 8.83. The van der Waals surface area contributed by atoms with Crippen LogP contribution in [0, 0.1) is 6.92 Å². The summed E-state index contributed by atoms with van der Waals surface area (Å²) >= 11 is 17.1. The molecule has 0 aliphatic carbocycles. The molecule has 0 heterocycles. The Hall–Kier alpha value is -0.440. The molecular weight excluding hydrogens is 234 g/mol. The van der Waals surface area contributed by atoms with Gasteiger partial charge >= 0.3 is 5.97 Å². The number of halogens is 3. The zero-order valence-electron chi connectivity index (χ0n) is 6.57. The maximum absolute atomic E-state index is 10.7. The molecule has 0 saturated heterocycles. The average Bonchev–Trinajstić information content (AvgIpc) is 1.99. The van der Waals surface area contributed by atoms with Crippen LogP contribution in [0.5, 0.6) is 0 Å². The van der Waals surface area contributed by atoms with Gasteiger partial charge in [-0.15, -0.1) is 0 Å². The van der Waals surface area contributed by atoms with E-state index >= 15 is 0 Å². The normalized spacial score (nSPS) is 10.2. The molecule has 0 saturated carbocycles. The van der Waals surface area contributed by atoms with Crippen molar-refractivity contribution in [1.82, 2.24) is 0 Å². The van der Waals surface area contributed by atoms with E-state index in [4.69, 9.17) is 39.9 Å². The first-order valence-electron chi connectivity index (χ1n) is 3.32. The Morgan fingerprint density at radius 1 is 1.31 bits per heavy atom. The van der Waals surface area contributed by atoms with Gasteiger partial charge in [0.05, 0.1) is 15.6 Å². The van der Waals surface area contributed by atoms with Crippen LogP contribution in [0.25, 0.3) is 0 Å². The molecule has 0 spiro atoms. The largest absolute Gasteiger partial charge is 0.478 e. The average molecular weight is 239 g/mol. The summed E-state index contributed by atoms with van der Waals surface area (Å²) in [6.45, 7) is 1.63. The molecule has 1 rings (SSSR count). The molecule has 5 heteroatoms. The van der Waals surface area contributed by atoms with Gasteiger partial charge in [-0.05, 0) is 18.6 Å². The summed E-state index contributed by atoms with van der Waals surface area (Å²) in [6, 6.07) is 1.37. The summed E-state index contributed by atoms with van der Waals surface area (Å²) in [7, 11) is 0. The van der Waals surface area contributed by atoms with Crippen LogP contribution >= 0.6 is 34.8 Å². The molecule has 13 heavy (non-hydrogen) atoms. The fourth-order valence-electron chi connectivity index (χ4n) is 0.885. The lowest BCUT2D eigenvalue weighted by atomic mass is 10.1. The quantitative estimate of drug-likeness (QED) is 0.812. The lowest BCUT2D eigenvalue weighted by molar-refractivity contribution is 0.0697. The van der Waals surface area contributed by atoms with Crippen molar-refractivity contribution in [2.45, 2.75) is 6.92 Å². The van der Waals surface area contributed by atoms with Gasteiger partial charge < -0.3 is 5.11 Å². The van der Waals surface area contributed by atoms with E-state index in [1.807, 2.05) is 0 Å². The fraction of sp³-hybridized carbons (Fsp3) is 0.125. The third-order valence-corrected chi connectivity index (χ3v) is 2.78. The van der Waals surface area contributed by atoms with E-state index in [-0.39, 0.29) is 15.6 Å². The number of carboxylic acid groups (broad SMARTS) is 1. The summed E-state index contributed by atoms with van der Waals surface area (Å²) in [5, 5.41) is 9.25. The van der Waals surface area contributed by atoms with E-state index in [1.165, 1.54) is 6.07 Å². The van der Waals surface area contributed by atoms with Crippen molar-refractivity contribution >= 4 is 40.8 Å². The Morgan fingerprint density at radius 3 is 2.31 bits per heavy atom. The monoisotopic (exact) mass is 238 g/mol. The number of rotatable bonds is 1. The van der Waals surface area contributed by atoms with Crippen molar-refractivity contribution in [2.75, 3.05) is 0 Å². The Labute approximate surface area is 90.0 Å². The predicted molar refractivity (Wildman–Crippen MR) is 53.2 cm³/mol. The van der Waals surface area contributed by atoms with Gasteiger partial charge in [-0.25, -0.2) is 4.79 Å². The maximum Gasteiger partial charge on any atom is 0.338 e. The van der Waals surface area contributed by atoms with Crippen LogP contribution in [0.2, 0.25) is 15.1 Å². The highest BCUT2D eigenvalue weighted by Gasteiger charge is 2.17. The highest BCUT2D eigenvalue weighted by molar-refractivity contribution is 6.42. The fourth-order valence-corrected chi connectivity index (χ4v) is 1.81. The van der Waals surface area contributed by atoms with Crippen LogP contribution in [-0.4, -0.2) is 11.1 Å². The van der Waals surface area contributed by atoms with Crippen LogP contribution in [0.3, 0.4) is 0 Å². The summed E-state index contributed by atoms with van der Waals surface area (Å²) in [6.07, 6.45) is 0. The van der Waals surface area contributed by atoms with E-state index in [0.29, 0.717) is 10.6 Å². The van der Waals surface area contributed by atoms with E-state index in [2.05, 4.69) is 0 Å². The first-order chi connectivity index (χ1) is 5.95. The van der Waals surface area contributed by atoms with Gasteiger partial charge in [0, 0.05) is 5.02 Å². The molecule has 0 radical (unpaired) electrons. The Bertz CT molecular complexity index is 374. The second-order valence-corrected chi connectivity index (χ2v) is 3.65. The van der Waals surface area contributed by atoms with Crippen LogP contribution < -0.4 is 0 Å². The lowest BCUT2D eigenvalue weighted by Crippen LogP contribution is -2.00. The number of carboxylic acids is 1. The van der Waals surface area contributed by atoms with E-state index in [0.717, 1.165) is 0 Å². The summed E-state index contributed by atoms with van der Waals surface area (Å²) in [5.74, 6) is -1.16. The summed E-state index contributed by atoms with van der Waals surface area (Å²) in [4.78, 5) is 10.7. The number of benzene rings is 1. The molecule has 0 aliphatic heterocycles. The molecule has 0 fully saturated rings. The van der Waals surface area contributed by atoms with E-state index < -0.39 is 5.97 Å². The molecule has 0 amide bonds. The molecule has 2 nitrogen and oxygen atoms in total. The second-order valence-electron chi connectivity index (χ2n) is 2.46. The molecule has 1 aromatic carbocycles. The molecular formula is C8H5Cl3O2. The summed E-state index contributed by atoms with van der Waals surface area (Å²) in [5.41, 5.74) is 0.412. The zero-order chi connectivity index (χ0) is 10.2. The Balaban J connectivity index is 3.53. The Morgan fingerprint density at radius 2 is 1.85 bits per heavy atom. The minimum atomic E-state index is -1.16. The molecule has 0 aromatic heterocycles. The van der Waals surface area contributed by atoms with Crippen LogP contribution in [0.15, 0.2) is 6.07 Å². The molecule has 0 unspecified atom stereocenters. The second kappa shape index (κ2) is 3.74. The van der Waals surface area contributed by atoms with Gasteiger partial charge in [0.15, 0.2) is 0 Å². The molecule has 1 aromatic rings. The first kappa shape index (κ1) is 10.6. The molecule has 1 N–H and O–H groups in total. The standard InChI is InChI=1S/C8H5Cl3O2/c1-3-4(9)2-5(10)6(7(3)11)8(12)13/h2H,1H3,(H,12,13). The third kappa shape index (κ3) is 1.90. The highest BCUT2D eigenvalue weighted by atomic mass is 35.5. The SMILES string of the molecule is Cc1c(Cl)cc(Cl)c(C(=O)O)c1Cl. The van der Waals surface area contributed by atoms with Crippen molar-refractivity contribution in [3.8, 4) is 0 Å². The van der Waals surface area contributed by atoms with Gasteiger partial charge in [0.1, 0.15) is 0 Å². The number of aromatic carboxylic acids is 1. The number of hydrogen-bond donors (Lipinski definition) is 1. The van der Waals surface area contributed by atoms with Crippen molar-refractivity contribution < 1.29 is 9.90 Å². The van der Waals surface area contributed by atoms with Gasteiger partial charge in [-0.1, -0.05) is 34.8 Å². The van der Waals surface area contributed by atoms with Gasteiger partial charge in [-0.2, -0.15) is 0 Å². The minimum absolute atomic E-state index is 0.0492. The predicted octanol–water partition coefficient (Wildman–Crippen LogP) is 3.65. The van der Waals surface area contributed by atoms with Gasteiger partial charge in [0.2, 0.25) is 0 Å². The lowest BCUT2D eigenvalue weighted by Gasteiger charge is -2.06. The topological polar surface area (TPSA) is 37.3 Å². The third-order valence-electron chi connectivity index (χ3n) is 1.61. The van der Waals surface area contributed by atoms with Crippen LogP contribution in [0.1, 0.15) is 15.9 Å². The molecule has 0 bridgehead atoms. The smallest absolute Gasteiger partial charge is 0.338 e. The van der Waals surface area contributed by atoms with E-state index in [1.54, 1.807) is 6.92 Å². The van der Waals surface area contributed by atoms with Crippen molar-refractivity contribution in [3.63, 3.8) is 0 Å². The van der Waals surface area contributed by atoms with Crippen molar-refractivity contribution in [2.24, 2.45) is 0 Å². The maximum atomic E-state index is 10.7. The molecule has 0 atom stereocenters. The van der Waals surface area contributed by atoms with E-state index in [9.17, 15) is 4.79 Å². The Kier molecular flexibility index (Phi) is 3.06. The first-order valence-corrected chi connectivity index (χ1v) is 4.46. The van der Waals surface area contributed by atoms with Crippen LogP contribution in [0.4, 0.5) is 0 Å². The summed E-state index contributed by atoms with van der Waals surface area (Å²) < 4.78 is 0. The molecule has 0 aliphatic rings. The van der Waals surface area contributed by atoms with Crippen molar-refractivity contribution in [3.05, 3.63) is 32.3 Å². The van der Waals surface area contributed by atoms with Crippen LogP contribution in [-0.2, 0) is 0 Å². The highest BCUT2D eigenvalue weighted by Crippen LogP contribution is 2.33.